The van der Waals surface area contributed by atoms with Crippen molar-refractivity contribution < 1.29 is 0 Å². The molecule has 0 aromatic carbocycles. The number of nitrogens with zero attached hydrogens (tertiary/aromatic N) is 23. The molecule has 0 bridgehead atoms. The molecule has 8 aromatic rings. The average molecular weight is 1780 g/mol. The Kier molecular flexibility index (Phi) is 30.0. The van der Waals surface area contributed by atoms with Gasteiger partial charge in [0.25, 0.3) is 0 Å². The fraction of sp³-hybridized carbons (Fsp3) is 0.385. The van der Waals surface area contributed by atoms with Gasteiger partial charge in [0, 0.05) is 192 Å². The number of fused-ring (bicyclic) bond motifs is 10. The van der Waals surface area contributed by atoms with Crippen molar-refractivity contribution in [1.82, 2.24) is 121 Å². The molecular weight excluding hydrogens is 1670 g/mol. The molecule has 16 heterocycles. The van der Waals surface area contributed by atoms with Crippen molar-refractivity contribution in [3.05, 3.63) is 244 Å². The zero-order chi connectivity index (χ0) is 86.7. The number of aryl methyl sites for hydroxylation is 2. The first-order valence-corrected chi connectivity index (χ1v) is 45.6. The Morgan fingerprint density at radius 1 is 0.460 bits per heavy atom. The molecule has 5 fully saturated rings. The lowest BCUT2D eigenvalue weighted by molar-refractivity contribution is 0.214. The predicted octanol–water partition coefficient (Wildman–Crippen LogP) is 7.60. The number of H-pyrrole nitrogens is 1. The van der Waals surface area contributed by atoms with E-state index in [1.54, 1.807) is 18.6 Å². The Morgan fingerprint density at radius 2 is 0.968 bits per heavy atom. The first kappa shape index (κ1) is 88.2. The van der Waals surface area contributed by atoms with E-state index in [2.05, 4.69) is 264 Å². The lowest BCUT2D eigenvalue weighted by atomic mass is 9.91. The lowest BCUT2D eigenvalue weighted by Gasteiger charge is -2.37. The molecule has 0 radical (unpaired) electrons. The van der Waals surface area contributed by atoms with E-state index in [0.29, 0.717) is 20.3 Å². The maximum Gasteiger partial charge on any atom is 0.216 e. The smallest absolute Gasteiger partial charge is 0.216 e. The minimum atomic E-state index is 0.178. The average Bonchev–Trinajstić information content (AvgIpc) is 1.70. The summed E-state index contributed by atoms with van der Waals surface area (Å²) in [5.74, 6) is 1.04. The van der Waals surface area contributed by atoms with Crippen LogP contribution in [0.3, 0.4) is 0 Å². The number of thiocarbonyl (C=S) groups is 5. The Morgan fingerprint density at radius 3 is 1.54 bits per heavy atom. The number of hydrazone groups is 1. The largest absolute Gasteiger partial charge is 0.368 e. The summed E-state index contributed by atoms with van der Waals surface area (Å²) >= 11 is 27.6. The molecule has 7 N–H and O–H groups in total. The van der Waals surface area contributed by atoms with Crippen LogP contribution in [0.25, 0.3) is 34.3 Å². The summed E-state index contributed by atoms with van der Waals surface area (Å²) in [5, 5.41) is 25.0. The van der Waals surface area contributed by atoms with Crippen molar-refractivity contribution in [2.24, 2.45) is 20.4 Å². The summed E-state index contributed by atoms with van der Waals surface area (Å²) < 4.78 is 4.52. The third-order valence-corrected chi connectivity index (χ3v) is 26.0. The molecule has 2 atom stereocenters. The quantitative estimate of drug-likeness (QED) is 0.0395. The van der Waals surface area contributed by atoms with E-state index >= 15 is 0 Å². The van der Waals surface area contributed by atoms with Crippen LogP contribution in [0.2, 0.25) is 0 Å². The monoisotopic (exact) mass is 1780 g/mol. The van der Waals surface area contributed by atoms with E-state index in [4.69, 9.17) is 61.1 Å². The van der Waals surface area contributed by atoms with Crippen molar-refractivity contribution in [3.8, 4) is 11.3 Å². The molecule has 35 heteroatoms. The molecule has 0 saturated carbocycles. The van der Waals surface area contributed by atoms with E-state index in [1.807, 2.05) is 85.6 Å². The number of likely N-dealkylation sites (N-methyl/N-ethyl adjacent to an activating group) is 4. The molecular formula is C91H110N30S5. The number of allylic oxidation sites excluding steroid dienone is 4. The second-order valence-electron chi connectivity index (χ2n) is 32.7. The van der Waals surface area contributed by atoms with Gasteiger partial charge in [0.1, 0.15) is 33.1 Å². The Hall–Kier alpha value is -11.2. The number of rotatable bonds is 10. The van der Waals surface area contributed by atoms with Gasteiger partial charge in [0.05, 0.1) is 81.9 Å². The number of aromatic nitrogens is 10. The number of aromatic amines is 1. The van der Waals surface area contributed by atoms with Gasteiger partial charge in [-0.1, -0.05) is 79.0 Å². The molecule has 8 aromatic heterocycles. The summed E-state index contributed by atoms with van der Waals surface area (Å²) in [6.07, 6.45) is 35.0. The van der Waals surface area contributed by atoms with E-state index in [0.717, 1.165) is 288 Å². The third kappa shape index (κ3) is 21.9. The number of nitrogens with one attached hydrogen (secondary N) is 7. The van der Waals surface area contributed by atoms with Crippen LogP contribution in [0.1, 0.15) is 88.5 Å². The molecule has 0 spiro atoms. The molecule has 2 unspecified atom stereocenters. The van der Waals surface area contributed by atoms with Gasteiger partial charge < -0.3 is 59.4 Å². The number of hydrogen-bond acceptors (Lipinski definition) is 23. The summed E-state index contributed by atoms with van der Waals surface area (Å²) in [6, 6.07) is 35.0. The molecule has 20 rings (SSSR count). The van der Waals surface area contributed by atoms with E-state index in [-0.39, 0.29) is 12.1 Å². The molecule has 126 heavy (non-hydrogen) atoms. The van der Waals surface area contributed by atoms with Gasteiger partial charge in [-0.25, -0.2) is 15.8 Å². The van der Waals surface area contributed by atoms with Crippen molar-refractivity contribution in [2.75, 3.05) is 169 Å². The SMILES string of the molecule is CN1CCN(C(=S)N=Nc2c3[nH]cccc-3c3cccnc23)CC1.CN1CCN(C(=S)NN=C2c3ncccc3Cc3cccnc32)CC1.CN1CCN(C(=S)NN=c2c3n(n4c2=CC=CC4)CC=CC=3)CC1.CN1CCN(c2ccc(C(=S)NNC3CCCc4cccnc43)nc2)CC1.S=C(NNC1CCCc2cccnc21)N1CCN(c2ccccn2)CC1. The highest BCUT2D eigenvalue weighted by molar-refractivity contribution is 7.81. The van der Waals surface area contributed by atoms with Gasteiger partial charge in [-0.15, -0.1) is 10.2 Å². The molecule has 30 nitrogen and oxygen atoms in total. The van der Waals surface area contributed by atoms with Gasteiger partial charge in [0.2, 0.25) is 5.11 Å². The summed E-state index contributed by atoms with van der Waals surface area (Å²) in [7, 11) is 8.55. The van der Waals surface area contributed by atoms with Gasteiger partial charge in [-0.3, -0.25) is 55.5 Å². The highest BCUT2D eigenvalue weighted by atomic mass is 32.1. The van der Waals surface area contributed by atoms with Crippen LogP contribution in [-0.4, -0.2) is 279 Å². The van der Waals surface area contributed by atoms with Gasteiger partial charge in [-0.2, -0.15) is 10.2 Å². The van der Waals surface area contributed by atoms with Crippen LogP contribution >= 0.6 is 61.1 Å². The van der Waals surface area contributed by atoms with Crippen molar-refractivity contribution in [2.45, 2.75) is 70.1 Å². The fourth-order valence-electron chi connectivity index (χ4n) is 16.9. The molecule has 654 valence electrons. The minimum absolute atomic E-state index is 0.178. The Bertz CT molecular complexity index is 5650. The molecule has 4 aliphatic carbocycles. The second-order valence-corrected chi connectivity index (χ2v) is 34.6. The van der Waals surface area contributed by atoms with Crippen LogP contribution in [0.4, 0.5) is 17.2 Å². The lowest BCUT2D eigenvalue weighted by Crippen LogP contribution is -2.55. The van der Waals surface area contributed by atoms with Crippen molar-refractivity contribution in [1.29, 1.82) is 0 Å². The van der Waals surface area contributed by atoms with Crippen LogP contribution < -0.4 is 58.4 Å². The standard InChI is InChI=1S/C20H26N6S.C19H24N6S.C18H20N6S.C17H18N6S.C17H22N6S/c1-25-10-12-26(13-11-25)16-7-8-18(22-14-16)20(27)24-23-17-6-2-4-15-5-3-9-21-19(15)17;26-19(23-22-16-7-3-5-15-6-4-10-21-18(15)16)25-13-11-24(12-14-25)17-8-1-2-9-20-17;1-23-8-10-24(11-9-23)18(25)22-21-17-15-13(4-2-6-19-15)12-14-5-3-7-20-16(14)17;1-22-8-10-23(11-9-22)17(24)21-20-16-14-12(4-2-6-18-14)13-5-3-7-19-15(13)16;1-20-10-12-21(13-11-20)17(24)19-18-16-14-6-2-4-8-22(14)23-9-5-3-7-15(16)23/h3,5,7-9,14,17,23H,2,4,6,10-13H2,1H3,(H,24,27);1-2,4,6,8-10,16,22H,3,5,7,11-14H2,(H,23,26);2-7H,8-12H2,1H3,(H,22,25);2-7,18H,8-11H2,1H3;2-7H,8-13H2,1H3,(H,19,24). The molecule has 0 amide bonds. The van der Waals surface area contributed by atoms with Gasteiger partial charge in [0.15, 0.2) is 15.3 Å². The van der Waals surface area contributed by atoms with E-state index in [1.165, 1.54) is 17.5 Å². The maximum absolute atomic E-state index is 5.59. The molecule has 5 saturated heterocycles. The normalized spacial score (nSPS) is 18.5. The Balaban J connectivity index is 0.000000116. The number of hydrazine groups is 2. The van der Waals surface area contributed by atoms with Crippen molar-refractivity contribution >= 4 is 132 Å². The highest BCUT2D eigenvalue weighted by Crippen LogP contribution is 2.42. The zero-order valence-corrected chi connectivity index (χ0v) is 76.0. The second kappa shape index (κ2) is 42.8. The van der Waals surface area contributed by atoms with Crippen molar-refractivity contribution in [3.63, 3.8) is 0 Å². The molecule has 8 aliphatic heterocycles. The third-order valence-electron chi connectivity index (χ3n) is 24.3. The van der Waals surface area contributed by atoms with E-state index in [9.17, 15) is 0 Å². The number of hydrogen-bond donors (Lipinski definition) is 7. The highest BCUT2D eigenvalue weighted by Gasteiger charge is 2.30. The van der Waals surface area contributed by atoms with Crippen LogP contribution in [0.5, 0.6) is 0 Å². The van der Waals surface area contributed by atoms with Gasteiger partial charge >= 0.3 is 0 Å². The van der Waals surface area contributed by atoms with Crippen LogP contribution in [0, 0.1) is 0 Å². The number of anilines is 2. The molecule has 12 aliphatic rings. The number of azo groups is 1. The Labute approximate surface area is 762 Å². The van der Waals surface area contributed by atoms with Crippen LogP contribution in [0.15, 0.2) is 197 Å². The first-order chi connectivity index (χ1) is 61.7. The topological polar surface area (TPSA) is 270 Å². The summed E-state index contributed by atoms with van der Waals surface area (Å²) in [6.45, 7) is 21.2. The summed E-state index contributed by atoms with van der Waals surface area (Å²) in [5.41, 5.74) is 34.7. The maximum atomic E-state index is 5.59. The number of pyridine rings is 8. The first-order valence-electron chi connectivity index (χ1n) is 43.5. The summed E-state index contributed by atoms with van der Waals surface area (Å²) in [4.78, 5) is 58.1. The van der Waals surface area contributed by atoms with Crippen LogP contribution in [-0.2, 0) is 32.4 Å². The minimum Gasteiger partial charge on any atom is -0.368 e. The van der Waals surface area contributed by atoms with E-state index < -0.39 is 0 Å². The predicted molar refractivity (Wildman–Crippen MR) is 519 cm³/mol. The van der Waals surface area contributed by atoms with Gasteiger partial charge in [-0.05, 0) is 211 Å². The number of piperazine rings is 5. The zero-order valence-electron chi connectivity index (χ0n) is 71.9. The fourth-order valence-corrected chi connectivity index (χ4v) is 18.0.